The van der Waals surface area contributed by atoms with Gasteiger partial charge in [-0.2, -0.15) is 0 Å². The summed E-state index contributed by atoms with van der Waals surface area (Å²) >= 11 is 5.57. The number of carboxylic acids is 1. The zero-order valence-corrected chi connectivity index (χ0v) is 9.21. The smallest absolute Gasteiger partial charge is 0.305 e. The van der Waals surface area contributed by atoms with E-state index in [0.717, 1.165) is 6.07 Å². The predicted octanol–water partition coefficient (Wildman–Crippen LogP) is 1.69. The van der Waals surface area contributed by atoms with Crippen LogP contribution in [-0.2, 0) is 9.59 Å². The second-order valence-electron chi connectivity index (χ2n) is 3.60. The Hall–Kier alpha value is -1.82. The quantitative estimate of drug-likeness (QED) is 0.754. The Bertz CT molecular complexity index is 507. The van der Waals surface area contributed by atoms with Gasteiger partial charge in [-0.05, 0) is 6.07 Å². The molecule has 1 unspecified atom stereocenters. The number of hydrogen-bond donors (Lipinski definition) is 3. The van der Waals surface area contributed by atoms with E-state index in [1.54, 1.807) is 0 Å². The molecule has 0 saturated carbocycles. The fourth-order valence-electron chi connectivity index (χ4n) is 1.56. The molecule has 2 rings (SSSR count). The van der Waals surface area contributed by atoms with Crippen molar-refractivity contribution < 1.29 is 19.1 Å². The lowest BCUT2D eigenvalue weighted by Crippen LogP contribution is -2.40. The third kappa shape index (κ3) is 2.31. The van der Waals surface area contributed by atoms with Crippen LogP contribution < -0.4 is 10.6 Å². The van der Waals surface area contributed by atoms with Gasteiger partial charge in [-0.3, -0.25) is 9.59 Å². The summed E-state index contributed by atoms with van der Waals surface area (Å²) in [4.78, 5) is 22.0. The number of hydrogen-bond acceptors (Lipinski definition) is 3. The molecule has 7 heteroatoms. The normalized spacial score (nSPS) is 18.0. The lowest BCUT2D eigenvalue weighted by Gasteiger charge is -2.26. The van der Waals surface area contributed by atoms with E-state index in [2.05, 4.69) is 10.6 Å². The highest BCUT2D eigenvalue weighted by Crippen LogP contribution is 2.32. The molecule has 3 N–H and O–H groups in total. The van der Waals surface area contributed by atoms with Crippen LogP contribution >= 0.6 is 11.6 Å². The Balaban J connectivity index is 2.31. The SMILES string of the molecule is O=C(O)CC1Nc2cc(F)c(Cl)cc2NC1=O. The number of carboxylic acid groups (broad SMARTS) is 1. The van der Waals surface area contributed by atoms with Gasteiger partial charge in [0.15, 0.2) is 0 Å². The lowest BCUT2D eigenvalue weighted by molar-refractivity contribution is -0.138. The first-order valence-corrected chi connectivity index (χ1v) is 5.13. The van der Waals surface area contributed by atoms with Gasteiger partial charge in [0.2, 0.25) is 5.91 Å². The number of amides is 1. The number of carbonyl (C=O) groups excluding carboxylic acids is 1. The molecule has 1 atom stereocenters. The Morgan fingerprint density at radius 3 is 2.82 bits per heavy atom. The molecule has 1 heterocycles. The zero-order valence-electron chi connectivity index (χ0n) is 8.46. The van der Waals surface area contributed by atoms with Crippen LogP contribution in [0.1, 0.15) is 6.42 Å². The summed E-state index contributed by atoms with van der Waals surface area (Å²) in [5, 5.41) is 13.6. The van der Waals surface area contributed by atoms with Crippen molar-refractivity contribution in [3.05, 3.63) is 23.0 Å². The molecule has 1 aliphatic heterocycles. The highest BCUT2D eigenvalue weighted by atomic mass is 35.5. The van der Waals surface area contributed by atoms with Gasteiger partial charge >= 0.3 is 5.97 Å². The Morgan fingerprint density at radius 1 is 1.47 bits per heavy atom. The second kappa shape index (κ2) is 4.21. The summed E-state index contributed by atoms with van der Waals surface area (Å²) in [6, 6.07) is 1.47. The third-order valence-electron chi connectivity index (χ3n) is 2.34. The molecule has 0 aliphatic carbocycles. The topological polar surface area (TPSA) is 78.4 Å². The second-order valence-corrected chi connectivity index (χ2v) is 4.00. The van der Waals surface area contributed by atoms with E-state index in [4.69, 9.17) is 16.7 Å². The van der Waals surface area contributed by atoms with Crippen LogP contribution in [0.15, 0.2) is 12.1 Å². The number of halogens is 2. The van der Waals surface area contributed by atoms with Gasteiger partial charge in [0, 0.05) is 6.07 Å². The van der Waals surface area contributed by atoms with Crippen LogP contribution in [0.5, 0.6) is 0 Å². The van der Waals surface area contributed by atoms with Crippen molar-refractivity contribution >= 4 is 34.9 Å². The highest BCUT2D eigenvalue weighted by Gasteiger charge is 2.28. The van der Waals surface area contributed by atoms with Gasteiger partial charge in [-0.25, -0.2) is 4.39 Å². The molecule has 1 aromatic rings. The maximum atomic E-state index is 13.2. The fraction of sp³-hybridized carbons (Fsp3) is 0.200. The monoisotopic (exact) mass is 258 g/mol. The van der Waals surface area contributed by atoms with Crippen LogP contribution in [0, 0.1) is 5.82 Å². The molecule has 0 fully saturated rings. The maximum Gasteiger partial charge on any atom is 0.305 e. The summed E-state index contributed by atoms with van der Waals surface area (Å²) in [6.45, 7) is 0. The average Bonchev–Trinajstić information content (AvgIpc) is 2.22. The van der Waals surface area contributed by atoms with E-state index in [-0.39, 0.29) is 11.4 Å². The standard InChI is InChI=1S/C10H8ClFN2O3/c11-4-1-6-7(2-5(4)12)13-8(3-9(15)16)10(17)14-6/h1-2,8,13H,3H2,(H,14,17)(H,15,16). The summed E-state index contributed by atoms with van der Waals surface area (Å²) in [5.74, 6) is -2.23. The van der Waals surface area contributed by atoms with E-state index < -0.39 is 23.7 Å². The summed E-state index contributed by atoms with van der Waals surface area (Å²) < 4.78 is 13.2. The van der Waals surface area contributed by atoms with E-state index in [1.165, 1.54) is 6.07 Å². The zero-order chi connectivity index (χ0) is 12.6. The van der Waals surface area contributed by atoms with Crippen LogP contribution in [0.25, 0.3) is 0 Å². The van der Waals surface area contributed by atoms with Crippen LogP contribution in [-0.4, -0.2) is 23.0 Å². The minimum absolute atomic E-state index is 0.109. The number of fused-ring (bicyclic) bond motifs is 1. The summed E-state index contributed by atoms with van der Waals surface area (Å²) in [5.41, 5.74) is 0.654. The first kappa shape index (κ1) is 11.7. The van der Waals surface area contributed by atoms with Crippen LogP contribution in [0.3, 0.4) is 0 Å². The van der Waals surface area contributed by atoms with Crippen molar-refractivity contribution in [3.8, 4) is 0 Å². The molecule has 1 aliphatic rings. The molecular formula is C10H8ClFN2O3. The van der Waals surface area contributed by atoms with Gasteiger partial charge < -0.3 is 15.7 Å². The number of rotatable bonds is 2. The molecule has 90 valence electrons. The number of carbonyl (C=O) groups is 2. The van der Waals surface area contributed by atoms with E-state index >= 15 is 0 Å². The first-order valence-electron chi connectivity index (χ1n) is 4.75. The Labute approximate surface area is 101 Å². The number of anilines is 2. The van der Waals surface area contributed by atoms with Gasteiger partial charge in [0.05, 0.1) is 22.8 Å². The highest BCUT2D eigenvalue weighted by molar-refractivity contribution is 6.31. The van der Waals surface area contributed by atoms with Crippen molar-refractivity contribution in [3.63, 3.8) is 0 Å². The van der Waals surface area contributed by atoms with Gasteiger partial charge in [-0.1, -0.05) is 11.6 Å². The molecule has 0 aromatic heterocycles. The van der Waals surface area contributed by atoms with Crippen molar-refractivity contribution in [1.29, 1.82) is 0 Å². The number of aliphatic carboxylic acids is 1. The van der Waals surface area contributed by atoms with Crippen molar-refractivity contribution in [2.24, 2.45) is 0 Å². The Kier molecular flexibility index (Phi) is 2.89. The van der Waals surface area contributed by atoms with Crippen molar-refractivity contribution in [1.82, 2.24) is 0 Å². The van der Waals surface area contributed by atoms with E-state index in [9.17, 15) is 14.0 Å². The largest absolute Gasteiger partial charge is 0.481 e. The minimum atomic E-state index is -1.12. The number of nitrogens with one attached hydrogen (secondary N) is 2. The molecule has 0 saturated heterocycles. The molecule has 0 spiro atoms. The summed E-state index contributed by atoms with van der Waals surface area (Å²) in [6.07, 6.45) is -0.379. The minimum Gasteiger partial charge on any atom is -0.481 e. The lowest BCUT2D eigenvalue weighted by atomic mass is 10.1. The molecule has 5 nitrogen and oxygen atoms in total. The molecule has 1 amide bonds. The van der Waals surface area contributed by atoms with Gasteiger partial charge in [-0.15, -0.1) is 0 Å². The fourth-order valence-corrected chi connectivity index (χ4v) is 1.72. The van der Waals surface area contributed by atoms with Crippen molar-refractivity contribution in [2.45, 2.75) is 12.5 Å². The van der Waals surface area contributed by atoms with Crippen LogP contribution in [0.4, 0.5) is 15.8 Å². The van der Waals surface area contributed by atoms with E-state index in [1.807, 2.05) is 0 Å². The van der Waals surface area contributed by atoms with E-state index in [0.29, 0.717) is 11.4 Å². The summed E-state index contributed by atoms with van der Waals surface area (Å²) in [7, 11) is 0. The Morgan fingerprint density at radius 2 is 2.18 bits per heavy atom. The van der Waals surface area contributed by atoms with Gasteiger partial charge in [0.1, 0.15) is 11.9 Å². The number of benzene rings is 1. The molecule has 1 aromatic carbocycles. The molecule has 0 bridgehead atoms. The van der Waals surface area contributed by atoms with Crippen molar-refractivity contribution in [2.75, 3.05) is 10.6 Å². The maximum absolute atomic E-state index is 13.2. The molecule has 0 radical (unpaired) electrons. The first-order chi connectivity index (χ1) is 7.97. The predicted molar refractivity (Wildman–Crippen MR) is 59.7 cm³/mol. The molecular weight excluding hydrogens is 251 g/mol. The third-order valence-corrected chi connectivity index (χ3v) is 2.63. The van der Waals surface area contributed by atoms with Crippen LogP contribution in [0.2, 0.25) is 5.02 Å². The molecule has 17 heavy (non-hydrogen) atoms. The average molecular weight is 259 g/mol. The van der Waals surface area contributed by atoms with Gasteiger partial charge in [0.25, 0.3) is 0 Å².